The second-order valence-corrected chi connectivity index (χ2v) is 6.82. The van der Waals surface area contributed by atoms with Crippen LogP contribution in [-0.2, 0) is 9.53 Å². The van der Waals surface area contributed by atoms with Crippen molar-refractivity contribution in [3.8, 4) is 0 Å². The molecule has 0 spiro atoms. The summed E-state index contributed by atoms with van der Waals surface area (Å²) >= 11 is 0. The van der Waals surface area contributed by atoms with E-state index >= 15 is 0 Å². The Balaban J connectivity index is 2.11. The van der Waals surface area contributed by atoms with E-state index in [0.29, 0.717) is 12.3 Å². The maximum atomic E-state index is 13.0. The lowest BCUT2D eigenvalue weighted by Gasteiger charge is -2.31. The summed E-state index contributed by atoms with van der Waals surface area (Å²) < 4.78 is 5.63. The molecule has 128 valence electrons. The quantitative estimate of drug-likeness (QED) is 0.565. The van der Waals surface area contributed by atoms with Gasteiger partial charge in [0.1, 0.15) is 0 Å². The number of cyclic esters (lactones) is 1. The molecule has 3 nitrogen and oxygen atoms in total. The first kappa shape index (κ1) is 17.2. The van der Waals surface area contributed by atoms with Gasteiger partial charge in [0.2, 0.25) is 5.90 Å². The molecule has 0 saturated heterocycles. The molecule has 3 rings (SSSR count). The third kappa shape index (κ3) is 3.27. The second-order valence-electron chi connectivity index (χ2n) is 6.82. The number of nitrogens with zero attached hydrogens (tertiary/aromatic N) is 1. The molecule has 2 aromatic carbocycles. The smallest absolute Gasteiger partial charge is 0.341 e. The standard InChI is InChI=1S/C22H23NO2/c1-4-19(17-11-7-5-8-12-17)22(15-16(2)3)21(24)25-20(23-22)18-13-9-6-10-14-18/h4-14,16,19H,1,15H2,2-3H3/t19-,22+/m1/s1. The van der Waals surface area contributed by atoms with Crippen LogP contribution in [0.1, 0.15) is 37.3 Å². The normalized spacial score (nSPS) is 20.9. The van der Waals surface area contributed by atoms with Crippen LogP contribution in [0.2, 0.25) is 0 Å². The lowest BCUT2D eigenvalue weighted by Crippen LogP contribution is -2.41. The molecule has 2 atom stereocenters. The van der Waals surface area contributed by atoms with Gasteiger partial charge in [-0.15, -0.1) is 6.58 Å². The first-order valence-electron chi connectivity index (χ1n) is 8.62. The monoisotopic (exact) mass is 333 g/mol. The number of rotatable bonds is 6. The van der Waals surface area contributed by atoms with Crippen molar-refractivity contribution in [1.82, 2.24) is 0 Å². The van der Waals surface area contributed by atoms with Crippen LogP contribution in [0.15, 0.2) is 78.3 Å². The van der Waals surface area contributed by atoms with Crippen molar-refractivity contribution in [2.75, 3.05) is 0 Å². The Hall–Kier alpha value is -2.68. The first-order chi connectivity index (χ1) is 12.1. The topological polar surface area (TPSA) is 38.7 Å². The van der Waals surface area contributed by atoms with Crippen LogP contribution in [-0.4, -0.2) is 17.4 Å². The van der Waals surface area contributed by atoms with Gasteiger partial charge in [0.25, 0.3) is 0 Å². The van der Waals surface area contributed by atoms with E-state index in [9.17, 15) is 4.79 Å². The number of carbonyl (C=O) groups excluding carboxylic acids is 1. The number of aliphatic imine (C=N–C) groups is 1. The van der Waals surface area contributed by atoms with Gasteiger partial charge in [-0.05, 0) is 30.0 Å². The van der Waals surface area contributed by atoms with Crippen molar-refractivity contribution in [3.05, 3.63) is 84.4 Å². The summed E-state index contributed by atoms with van der Waals surface area (Å²) in [5, 5.41) is 0. The second kappa shape index (κ2) is 7.06. The molecule has 0 aromatic heterocycles. The Morgan fingerprint density at radius 1 is 1.08 bits per heavy atom. The van der Waals surface area contributed by atoms with E-state index in [1.54, 1.807) is 0 Å². The van der Waals surface area contributed by atoms with E-state index in [1.165, 1.54) is 0 Å². The van der Waals surface area contributed by atoms with Crippen molar-refractivity contribution in [1.29, 1.82) is 0 Å². The largest absolute Gasteiger partial charge is 0.405 e. The van der Waals surface area contributed by atoms with Gasteiger partial charge in [0.15, 0.2) is 5.54 Å². The summed E-state index contributed by atoms with van der Waals surface area (Å²) in [5.74, 6) is 0.158. The highest BCUT2D eigenvalue weighted by Gasteiger charge is 2.51. The molecule has 1 aliphatic heterocycles. The zero-order valence-electron chi connectivity index (χ0n) is 14.7. The molecular formula is C22H23NO2. The highest BCUT2D eigenvalue weighted by molar-refractivity contribution is 6.08. The number of hydrogen-bond donors (Lipinski definition) is 0. The van der Waals surface area contributed by atoms with E-state index < -0.39 is 5.54 Å². The zero-order chi connectivity index (χ0) is 17.9. The van der Waals surface area contributed by atoms with Crippen molar-refractivity contribution in [2.45, 2.75) is 31.7 Å². The SMILES string of the molecule is C=C[C@H](c1ccccc1)[C@]1(CC(C)C)N=C(c2ccccc2)OC1=O. The average Bonchev–Trinajstić information content (AvgIpc) is 2.94. The maximum Gasteiger partial charge on any atom is 0.341 e. The lowest BCUT2D eigenvalue weighted by atomic mass is 9.75. The van der Waals surface area contributed by atoms with Crippen LogP contribution in [0.25, 0.3) is 0 Å². The number of ether oxygens (including phenoxy) is 1. The summed E-state index contributed by atoms with van der Waals surface area (Å²) in [6, 6.07) is 19.5. The van der Waals surface area contributed by atoms with Gasteiger partial charge in [-0.1, -0.05) is 68.5 Å². The predicted octanol–water partition coefficient (Wildman–Crippen LogP) is 4.74. The molecule has 2 aromatic rings. The number of esters is 1. The molecule has 0 unspecified atom stereocenters. The third-order valence-electron chi connectivity index (χ3n) is 4.49. The van der Waals surface area contributed by atoms with E-state index in [1.807, 2.05) is 66.7 Å². The van der Waals surface area contributed by atoms with Gasteiger partial charge in [-0.2, -0.15) is 0 Å². The van der Waals surface area contributed by atoms with Gasteiger partial charge >= 0.3 is 5.97 Å². The van der Waals surface area contributed by atoms with E-state index in [4.69, 9.17) is 9.73 Å². The van der Waals surface area contributed by atoms with Gasteiger partial charge in [0.05, 0.1) is 0 Å². The highest BCUT2D eigenvalue weighted by Crippen LogP contribution is 2.42. The van der Waals surface area contributed by atoms with Gasteiger partial charge in [0, 0.05) is 11.5 Å². The van der Waals surface area contributed by atoms with Crippen LogP contribution in [0.5, 0.6) is 0 Å². The van der Waals surface area contributed by atoms with Gasteiger partial charge in [-0.3, -0.25) is 0 Å². The van der Waals surface area contributed by atoms with Crippen LogP contribution in [0.3, 0.4) is 0 Å². The number of carbonyl (C=O) groups is 1. The van der Waals surface area contributed by atoms with Crippen LogP contribution in [0, 0.1) is 5.92 Å². The Bertz CT molecular complexity index is 780. The third-order valence-corrected chi connectivity index (χ3v) is 4.49. The minimum atomic E-state index is -0.970. The van der Waals surface area contributed by atoms with Crippen LogP contribution in [0.4, 0.5) is 0 Å². The number of benzene rings is 2. The zero-order valence-corrected chi connectivity index (χ0v) is 14.7. The molecule has 0 N–H and O–H groups in total. The van der Waals surface area contributed by atoms with Crippen molar-refractivity contribution in [3.63, 3.8) is 0 Å². The molecule has 1 heterocycles. The van der Waals surface area contributed by atoms with Crippen LogP contribution < -0.4 is 0 Å². The maximum absolute atomic E-state index is 13.0. The minimum absolute atomic E-state index is 0.232. The molecule has 0 bridgehead atoms. The highest BCUT2D eigenvalue weighted by atomic mass is 16.6. The molecule has 3 heteroatoms. The van der Waals surface area contributed by atoms with Gasteiger partial charge < -0.3 is 4.74 Å². The molecule has 0 amide bonds. The summed E-state index contributed by atoms with van der Waals surface area (Å²) in [7, 11) is 0. The summed E-state index contributed by atoms with van der Waals surface area (Å²) in [5.41, 5.74) is 0.869. The minimum Gasteiger partial charge on any atom is -0.405 e. The predicted molar refractivity (Wildman–Crippen MR) is 101 cm³/mol. The Morgan fingerprint density at radius 2 is 1.68 bits per heavy atom. The van der Waals surface area contributed by atoms with Crippen molar-refractivity contribution < 1.29 is 9.53 Å². The molecule has 1 aliphatic rings. The lowest BCUT2D eigenvalue weighted by molar-refractivity contribution is -0.140. The van der Waals surface area contributed by atoms with Gasteiger partial charge in [-0.25, -0.2) is 9.79 Å². The van der Waals surface area contributed by atoms with E-state index in [-0.39, 0.29) is 17.8 Å². The number of hydrogen-bond acceptors (Lipinski definition) is 3. The Labute approximate surface area is 149 Å². The van der Waals surface area contributed by atoms with Crippen molar-refractivity contribution in [2.24, 2.45) is 10.9 Å². The summed E-state index contributed by atoms with van der Waals surface area (Å²) in [6.07, 6.45) is 2.42. The fourth-order valence-electron chi connectivity index (χ4n) is 3.47. The van der Waals surface area contributed by atoms with Crippen molar-refractivity contribution >= 4 is 11.9 Å². The average molecular weight is 333 g/mol. The van der Waals surface area contributed by atoms with Crippen LogP contribution >= 0.6 is 0 Å². The molecule has 0 radical (unpaired) electrons. The fourth-order valence-corrected chi connectivity index (χ4v) is 3.47. The molecule has 0 fully saturated rings. The van der Waals surface area contributed by atoms with E-state index in [2.05, 4.69) is 20.4 Å². The summed E-state index contributed by atoms with van der Waals surface area (Å²) in [4.78, 5) is 17.8. The molecule has 0 saturated carbocycles. The molecule has 25 heavy (non-hydrogen) atoms. The fraction of sp³-hybridized carbons (Fsp3) is 0.273. The Morgan fingerprint density at radius 3 is 2.24 bits per heavy atom. The Kier molecular flexibility index (Phi) is 4.84. The molecular weight excluding hydrogens is 310 g/mol. The summed E-state index contributed by atoms with van der Waals surface area (Å²) in [6.45, 7) is 8.18. The first-order valence-corrected chi connectivity index (χ1v) is 8.62. The molecule has 0 aliphatic carbocycles. The van der Waals surface area contributed by atoms with E-state index in [0.717, 1.165) is 11.1 Å².